The standard InChI is InChI=1S/C21H30N4O2.HI/c1-3-10-22-21(23-11-9-19-8-5-16-27-19)25-14-12-24(13-15-25)18-6-4-7-20(17-18)26-2;/h4-8,16-17H,3,9-15H2,1-2H3,(H,22,23);1H. The van der Waals surface area contributed by atoms with E-state index < -0.39 is 0 Å². The van der Waals surface area contributed by atoms with Gasteiger partial charge in [0.1, 0.15) is 11.5 Å². The first-order valence-corrected chi connectivity index (χ1v) is 9.75. The summed E-state index contributed by atoms with van der Waals surface area (Å²) in [7, 11) is 1.71. The second kappa shape index (κ2) is 11.8. The van der Waals surface area contributed by atoms with Gasteiger partial charge in [0.05, 0.1) is 13.4 Å². The van der Waals surface area contributed by atoms with Crippen molar-refractivity contribution in [2.24, 2.45) is 4.99 Å². The van der Waals surface area contributed by atoms with Crippen LogP contribution in [-0.4, -0.2) is 57.2 Å². The van der Waals surface area contributed by atoms with Crippen LogP contribution < -0.4 is 15.0 Å². The number of ether oxygens (including phenoxy) is 1. The highest BCUT2D eigenvalue weighted by Gasteiger charge is 2.20. The molecule has 0 unspecified atom stereocenters. The number of benzene rings is 1. The summed E-state index contributed by atoms with van der Waals surface area (Å²) in [6.45, 7) is 7.67. The molecule has 1 aliphatic heterocycles. The Morgan fingerprint density at radius 1 is 1.18 bits per heavy atom. The summed E-state index contributed by atoms with van der Waals surface area (Å²) in [5.74, 6) is 2.91. The van der Waals surface area contributed by atoms with Gasteiger partial charge >= 0.3 is 0 Å². The van der Waals surface area contributed by atoms with Crippen molar-refractivity contribution in [3.05, 3.63) is 48.4 Å². The largest absolute Gasteiger partial charge is 0.497 e. The Bertz CT molecular complexity index is 713. The van der Waals surface area contributed by atoms with E-state index in [9.17, 15) is 0 Å². The zero-order valence-corrected chi connectivity index (χ0v) is 19.1. The molecule has 0 saturated carbocycles. The topological polar surface area (TPSA) is 53.2 Å². The monoisotopic (exact) mass is 498 g/mol. The molecule has 1 saturated heterocycles. The highest BCUT2D eigenvalue weighted by molar-refractivity contribution is 14.0. The van der Waals surface area contributed by atoms with Crippen LogP contribution in [0.4, 0.5) is 5.69 Å². The van der Waals surface area contributed by atoms with Gasteiger partial charge in [-0.3, -0.25) is 4.99 Å². The van der Waals surface area contributed by atoms with Gasteiger partial charge in [0.2, 0.25) is 0 Å². The molecular weight excluding hydrogens is 467 g/mol. The lowest BCUT2D eigenvalue weighted by Gasteiger charge is -2.38. The Hall–Kier alpha value is -1.90. The highest BCUT2D eigenvalue weighted by atomic mass is 127. The van der Waals surface area contributed by atoms with Crippen molar-refractivity contribution in [1.29, 1.82) is 0 Å². The minimum absolute atomic E-state index is 0. The molecule has 1 N–H and O–H groups in total. The van der Waals surface area contributed by atoms with Crippen molar-refractivity contribution in [1.82, 2.24) is 10.2 Å². The molecule has 1 aromatic carbocycles. The lowest BCUT2D eigenvalue weighted by Crippen LogP contribution is -2.53. The summed E-state index contributed by atoms with van der Waals surface area (Å²) in [6, 6.07) is 12.2. The predicted octanol–water partition coefficient (Wildman–Crippen LogP) is 3.63. The quantitative estimate of drug-likeness (QED) is 0.359. The average Bonchev–Trinajstić information content (AvgIpc) is 3.24. The van der Waals surface area contributed by atoms with Crippen molar-refractivity contribution in [2.75, 3.05) is 51.3 Å². The van der Waals surface area contributed by atoms with E-state index >= 15 is 0 Å². The van der Waals surface area contributed by atoms with E-state index in [2.05, 4.69) is 34.2 Å². The normalized spacial score (nSPS) is 14.6. The maximum absolute atomic E-state index is 5.41. The van der Waals surface area contributed by atoms with Gasteiger partial charge < -0.3 is 24.3 Å². The molecule has 7 heteroatoms. The summed E-state index contributed by atoms with van der Waals surface area (Å²) in [5, 5.41) is 3.51. The molecule has 1 fully saturated rings. The molecule has 6 nitrogen and oxygen atoms in total. The molecule has 154 valence electrons. The SMILES string of the molecule is CCCN=C(NCCc1ccco1)N1CCN(c2cccc(OC)c2)CC1.I. The molecule has 0 bridgehead atoms. The van der Waals surface area contributed by atoms with E-state index in [1.54, 1.807) is 13.4 Å². The third-order valence-electron chi connectivity index (χ3n) is 4.72. The van der Waals surface area contributed by atoms with Gasteiger partial charge in [0.25, 0.3) is 0 Å². The fraction of sp³-hybridized carbons (Fsp3) is 0.476. The van der Waals surface area contributed by atoms with Gasteiger partial charge in [0, 0.05) is 57.4 Å². The summed E-state index contributed by atoms with van der Waals surface area (Å²) in [5.41, 5.74) is 1.21. The number of rotatable bonds is 7. The zero-order valence-electron chi connectivity index (χ0n) is 16.8. The number of hydrogen-bond donors (Lipinski definition) is 1. The van der Waals surface area contributed by atoms with E-state index in [4.69, 9.17) is 14.1 Å². The maximum Gasteiger partial charge on any atom is 0.194 e. The lowest BCUT2D eigenvalue weighted by molar-refractivity contribution is 0.370. The van der Waals surface area contributed by atoms with E-state index in [1.165, 1.54) is 5.69 Å². The minimum Gasteiger partial charge on any atom is -0.497 e. The molecule has 0 atom stereocenters. The fourth-order valence-corrected chi connectivity index (χ4v) is 3.22. The first-order chi connectivity index (χ1) is 13.3. The minimum atomic E-state index is 0. The third kappa shape index (κ3) is 6.32. The number of guanidine groups is 1. The van der Waals surface area contributed by atoms with Crippen LogP contribution in [0.2, 0.25) is 0 Å². The second-order valence-electron chi connectivity index (χ2n) is 6.64. The Kier molecular flexibility index (Phi) is 9.46. The number of methoxy groups -OCH3 is 1. The van der Waals surface area contributed by atoms with Crippen LogP contribution in [0.1, 0.15) is 19.1 Å². The van der Waals surface area contributed by atoms with Crippen LogP contribution in [0.15, 0.2) is 52.1 Å². The summed E-state index contributed by atoms with van der Waals surface area (Å²) in [4.78, 5) is 9.53. The molecule has 0 spiro atoms. The summed E-state index contributed by atoms with van der Waals surface area (Å²) < 4.78 is 10.8. The second-order valence-corrected chi connectivity index (χ2v) is 6.64. The molecule has 2 aromatic rings. The summed E-state index contributed by atoms with van der Waals surface area (Å²) >= 11 is 0. The number of aliphatic imine (C=N–C) groups is 1. The number of anilines is 1. The van der Waals surface area contributed by atoms with Crippen molar-refractivity contribution in [3.63, 3.8) is 0 Å². The fourth-order valence-electron chi connectivity index (χ4n) is 3.22. The van der Waals surface area contributed by atoms with E-state index in [0.717, 1.165) is 69.6 Å². The predicted molar refractivity (Wildman–Crippen MR) is 125 cm³/mol. The van der Waals surface area contributed by atoms with Gasteiger partial charge in [-0.25, -0.2) is 0 Å². The smallest absolute Gasteiger partial charge is 0.194 e. The van der Waals surface area contributed by atoms with Gasteiger partial charge in [-0.05, 0) is 30.7 Å². The van der Waals surface area contributed by atoms with Gasteiger partial charge in [0.15, 0.2) is 5.96 Å². The molecule has 28 heavy (non-hydrogen) atoms. The molecule has 0 aliphatic carbocycles. The maximum atomic E-state index is 5.41. The van der Waals surface area contributed by atoms with Crippen LogP contribution in [-0.2, 0) is 6.42 Å². The van der Waals surface area contributed by atoms with Gasteiger partial charge in [-0.15, -0.1) is 24.0 Å². The van der Waals surface area contributed by atoms with Crippen LogP contribution >= 0.6 is 24.0 Å². The van der Waals surface area contributed by atoms with Gasteiger partial charge in [-0.2, -0.15) is 0 Å². The molecule has 2 heterocycles. The summed E-state index contributed by atoms with van der Waals surface area (Å²) in [6.07, 6.45) is 3.63. The van der Waals surface area contributed by atoms with E-state index in [1.807, 2.05) is 24.3 Å². The number of nitrogens with zero attached hydrogens (tertiary/aromatic N) is 3. The molecule has 0 amide bonds. The molecular formula is C21H31IN4O2. The van der Waals surface area contributed by atoms with Crippen molar-refractivity contribution < 1.29 is 9.15 Å². The average molecular weight is 498 g/mol. The number of nitrogens with one attached hydrogen (secondary N) is 1. The molecule has 3 rings (SSSR count). The number of halogens is 1. The number of piperazine rings is 1. The van der Waals surface area contributed by atoms with Crippen LogP contribution in [0.25, 0.3) is 0 Å². The van der Waals surface area contributed by atoms with Crippen LogP contribution in [0, 0.1) is 0 Å². The first-order valence-electron chi connectivity index (χ1n) is 9.75. The molecule has 0 radical (unpaired) electrons. The van der Waals surface area contributed by atoms with Crippen molar-refractivity contribution in [2.45, 2.75) is 19.8 Å². The van der Waals surface area contributed by atoms with Crippen molar-refractivity contribution in [3.8, 4) is 5.75 Å². The van der Waals surface area contributed by atoms with E-state index in [0.29, 0.717) is 0 Å². The zero-order chi connectivity index (χ0) is 18.9. The Morgan fingerprint density at radius 2 is 2.00 bits per heavy atom. The molecule has 1 aliphatic rings. The first kappa shape index (κ1) is 22.4. The van der Waals surface area contributed by atoms with Crippen molar-refractivity contribution >= 4 is 35.6 Å². The lowest BCUT2D eigenvalue weighted by atomic mass is 10.2. The Labute approximate surface area is 185 Å². The van der Waals surface area contributed by atoms with Gasteiger partial charge in [-0.1, -0.05) is 13.0 Å². The van der Waals surface area contributed by atoms with Crippen LogP contribution in [0.3, 0.4) is 0 Å². The molecule has 1 aromatic heterocycles. The number of furan rings is 1. The Morgan fingerprint density at radius 3 is 2.68 bits per heavy atom. The number of hydrogen-bond acceptors (Lipinski definition) is 4. The van der Waals surface area contributed by atoms with E-state index in [-0.39, 0.29) is 24.0 Å². The third-order valence-corrected chi connectivity index (χ3v) is 4.72. The Balaban J connectivity index is 0.00000280. The highest BCUT2D eigenvalue weighted by Crippen LogP contribution is 2.22. The van der Waals surface area contributed by atoms with Crippen LogP contribution in [0.5, 0.6) is 5.75 Å².